The molecule has 0 heterocycles. The van der Waals surface area contributed by atoms with Crippen molar-refractivity contribution < 1.29 is 4.79 Å². The van der Waals surface area contributed by atoms with Gasteiger partial charge in [0.15, 0.2) is 0 Å². The molecule has 0 aromatic heterocycles. The number of amides is 1. The van der Waals surface area contributed by atoms with Gasteiger partial charge >= 0.3 is 0 Å². The van der Waals surface area contributed by atoms with Crippen LogP contribution in [0.15, 0.2) is 24.3 Å². The highest BCUT2D eigenvalue weighted by Crippen LogP contribution is 2.16. The highest BCUT2D eigenvalue weighted by Gasteiger charge is 2.04. The van der Waals surface area contributed by atoms with E-state index in [1.165, 1.54) is 37.7 Å². The Morgan fingerprint density at radius 1 is 1.06 bits per heavy atom. The molecular weight excluding hydrogens is 222 g/mol. The van der Waals surface area contributed by atoms with Gasteiger partial charge in [-0.25, -0.2) is 0 Å². The summed E-state index contributed by atoms with van der Waals surface area (Å²) >= 11 is 0. The molecule has 100 valence electrons. The van der Waals surface area contributed by atoms with Gasteiger partial charge in [-0.3, -0.25) is 4.79 Å². The average Bonchev–Trinajstić information content (AvgIpc) is 2.38. The number of aryl methyl sites for hydroxylation is 1. The summed E-state index contributed by atoms with van der Waals surface area (Å²) in [5.74, 6) is 0.0716. The molecule has 0 fully saturated rings. The molecule has 0 aliphatic heterocycles. The van der Waals surface area contributed by atoms with Crippen molar-refractivity contribution in [2.75, 3.05) is 11.9 Å². The molecule has 2 nitrogen and oxygen atoms in total. The second-order valence-corrected chi connectivity index (χ2v) is 4.91. The van der Waals surface area contributed by atoms with Crippen molar-refractivity contribution in [3.8, 4) is 0 Å². The number of carbonyl (C=O) groups is 1. The van der Waals surface area contributed by atoms with Gasteiger partial charge < -0.3 is 4.90 Å². The molecule has 18 heavy (non-hydrogen) atoms. The van der Waals surface area contributed by atoms with Crippen LogP contribution in [0, 0.1) is 0 Å². The van der Waals surface area contributed by atoms with E-state index >= 15 is 0 Å². The first-order valence-electron chi connectivity index (χ1n) is 6.98. The number of unbranched alkanes of at least 4 members (excludes halogenated alkanes) is 4. The van der Waals surface area contributed by atoms with E-state index in [1.54, 1.807) is 11.8 Å². The van der Waals surface area contributed by atoms with Crippen LogP contribution in [-0.2, 0) is 11.2 Å². The van der Waals surface area contributed by atoms with Crippen molar-refractivity contribution in [1.29, 1.82) is 0 Å². The van der Waals surface area contributed by atoms with Gasteiger partial charge in [0.1, 0.15) is 0 Å². The van der Waals surface area contributed by atoms with Crippen molar-refractivity contribution in [3.05, 3.63) is 29.8 Å². The quantitative estimate of drug-likeness (QED) is 0.662. The van der Waals surface area contributed by atoms with E-state index in [1.807, 2.05) is 19.2 Å². The molecule has 0 saturated carbocycles. The maximum atomic E-state index is 11.2. The van der Waals surface area contributed by atoms with Crippen LogP contribution < -0.4 is 4.90 Å². The Bertz CT molecular complexity index is 356. The third kappa shape index (κ3) is 4.91. The van der Waals surface area contributed by atoms with Crippen molar-refractivity contribution in [1.82, 2.24) is 0 Å². The van der Waals surface area contributed by atoms with Gasteiger partial charge in [0.2, 0.25) is 5.91 Å². The molecule has 0 spiro atoms. The summed E-state index contributed by atoms with van der Waals surface area (Å²) in [6, 6.07) is 8.33. The molecule has 0 N–H and O–H groups in total. The Hall–Kier alpha value is -1.31. The fourth-order valence-corrected chi connectivity index (χ4v) is 2.00. The van der Waals surface area contributed by atoms with Crippen LogP contribution in [0.2, 0.25) is 0 Å². The molecule has 0 aliphatic carbocycles. The van der Waals surface area contributed by atoms with Gasteiger partial charge in [-0.2, -0.15) is 0 Å². The molecule has 2 heteroatoms. The molecule has 0 saturated heterocycles. The minimum atomic E-state index is 0.0716. The minimum absolute atomic E-state index is 0.0716. The van der Waals surface area contributed by atoms with E-state index in [4.69, 9.17) is 0 Å². The van der Waals surface area contributed by atoms with E-state index in [0.717, 1.165) is 12.1 Å². The first-order valence-corrected chi connectivity index (χ1v) is 6.98. The maximum Gasteiger partial charge on any atom is 0.223 e. The molecule has 1 aromatic carbocycles. The molecule has 1 rings (SSSR count). The molecule has 0 radical (unpaired) electrons. The normalized spacial score (nSPS) is 10.4. The largest absolute Gasteiger partial charge is 0.316 e. The Morgan fingerprint density at radius 3 is 2.22 bits per heavy atom. The number of hydrogen-bond donors (Lipinski definition) is 0. The van der Waals surface area contributed by atoms with E-state index in [2.05, 4.69) is 19.1 Å². The van der Waals surface area contributed by atoms with Crippen LogP contribution >= 0.6 is 0 Å². The Balaban J connectivity index is 2.38. The Labute approximate surface area is 111 Å². The zero-order chi connectivity index (χ0) is 13.4. The lowest BCUT2D eigenvalue weighted by Crippen LogP contribution is -2.22. The third-order valence-electron chi connectivity index (χ3n) is 3.36. The lowest BCUT2D eigenvalue weighted by atomic mass is 10.1. The van der Waals surface area contributed by atoms with Crippen molar-refractivity contribution in [2.24, 2.45) is 0 Å². The van der Waals surface area contributed by atoms with Gasteiger partial charge in [-0.15, -0.1) is 0 Å². The lowest BCUT2D eigenvalue weighted by Gasteiger charge is -2.15. The van der Waals surface area contributed by atoms with Gasteiger partial charge in [0, 0.05) is 19.7 Å². The van der Waals surface area contributed by atoms with Crippen molar-refractivity contribution in [3.63, 3.8) is 0 Å². The van der Waals surface area contributed by atoms with Crippen LogP contribution in [-0.4, -0.2) is 13.0 Å². The molecule has 0 aliphatic rings. The van der Waals surface area contributed by atoms with Gasteiger partial charge in [-0.05, 0) is 30.5 Å². The fourth-order valence-electron chi connectivity index (χ4n) is 2.00. The van der Waals surface area contributed by atoms with Crippen LogP contribution in [0.5, 0.6) is 0 Å². The highest BCUT2D eigenvalue weighted by molar-refractivity contribution is 5.90. The number of carbonyl (C=O) groups excluding carboxylic acids is 1. The predicted molar refractivity (Wildman–Crippen MR) is 78.0 cm³/mol. The smallest absolute Gasteiger partial charge is 0.223 e. The number of nitrogens with zero attached hydrogens (tertiary/aromatic N) is 1. The number of benzene rings is 1. The number of hydrogen-bond acceptors (Lipinski definition) is 1. The second kappa shape index (κ2) is 7.91. The topological polar surface area (TPSA) is 20.3 Å². The van der Waals surface area contributed by atoms with E-state index in [9.17, 15) is 4.79 Å². The summed E-state index contributed by atoms with van der Waals surface area (Å²) in [4.78, 5) is 12.9. The highest BCUT2D eigenvalue weighted by atomic mass is 16.2. The van der Waals surface area contributed by atoms with Gasteiger partial charge in [0.25, 0.3) is 0 Å². The fraction of sp³-hybridized carbons (Fsp3) is 0.562. The predicted octanol–water partition coefficient (Wildman–Crippen LogP) is 4.18. The summed E-state index contributed by atoms with van der Waals surface area (Å²) in [6.45, 7) is 3.83. The number of rotatable bonds is 7. The van der Waals surface area contributed by atoms with Crippen LogP contribution in [0.3, 0.4) is 0 Å². The maximum absolute atomic E-state index is 11.2. The molecular formula is C16H25NO. The molecule has 1 aromatic rings. The Kier molecular flexibility index (Phi) is 6.48. The van der Waals surface area contributed by atoms with Crippen LogP contribution in [0.25, 0.3) is 0 Å². The first-order chi connectivity index (χ1) is 8.65. The van der Waals surface area contributed by atoms with Crippen LogP contribution in [0.1, 0.15) is 51.5 Å². The van der Waals surface area contributed by atoms with E-state index in [0.29, 0.717) is 0 Å². The zero-order valence-electron chi connectivity index (χ0n) is 11.9. The molecule has 0 atom stereocenters. The first kappa shape index (κ1) is 14.7. The van der Waals surface area contributed by atoms with E-state index < -0.39 is 0 Å². The summed E-state index contributed by atoms with van der Waals surface area (Å²) in [6.07, 6.45) is 7.73. The summed E-state index contributed by atoms with van der Waals surface area (Å²) in [5, 5.41) is 0. The lowest BCUT2D eigenvalue weighted by molar-refractivity contribution is -0.116. The summed E-state index contributed by atoms with van der Waals surface area (Å²) < 4.78 is 0. The SMILES string of the molecule is CCCCCCCc1ccc(N(C)C(C)=O)cc1. The molecule has 1 amide bonds. The summed E-state index contributed by atoms with van der Waals surface area (Å²) in [5.41, 5.74) is 2.34. The molecule has 0 bridgehead atoms. The monoisotopic (exact) mass is 247 g/mol. The van der Waals surface area contributed by atoms with Gasteiger partial charge in [0.05, 0.1) is 0 Å². The van der Waals surface area contributed by atoms with Crippen LogP contribution in [0.4, 0.5) is 5.69 Å². The summed E-state index contributed by atoms with van der Waals surface area (Å²) in [7, 11) is 1.81. The second-order valence-electron chi connectivity index (χ2n) is 4.91. The van der Waals surface area contributed by atoms with Crippen molar-refractivity contribution >= 4 is 11.6 Å². The standard InChI is InChI=1S/C16H25NO/c1-4-5-6-7-8-9-15-10-12-16(13-11-15)17(3)14(2)18/h10-13H,4-9H2,1-3H3. The van der Waals surface area contributed by atoms with E-state index in [-0.39, 0.29) is 5.91 Å². The Morgan fingerprint density at radius 2 is 1.67 bits per heavy atom. The van der Waals surface area contributed by atoms with Crippen molar-refractivity contribution in [2.45, 2.75) is 52.4 Å². The third-order valence-corrected chi connectivity index (χ3v) is 3.36. The number of anilines is 1. The minimum Gasteiger partial charge on any atom is -0.316 e. The molecule has 0 unspecified atom stereocenters. The van der Waals surface area contributed by atoms with Gasteiger partial charge in [-0.1, -0.05) is 44.7 Å². The zero-order valence-corrected chi connectivity index (χ0v) is 11.9. The average molecular weight is 247 g/mol.